The molecule has 2 atom stereocenters. The first-order chi connectivity index (χ1) is 9.97. The Morgan fingerprint density at radius 1 is 0.857 bits per heavy atom. The maximum atomic E-state index is 12.2. The number of carbonyl (C=O) groups is 1. The first-order valence-electron chi connectivity index (χ1n) is 5.98. The number of alkyl halides is 2. The third-order valence-corrected chi connectivity index (χ3v) is 5.38. The molecule has 2 aromatic carbocycles. The van der Waals surface area contributed by atoms with Crippen molar-refractivity contribution in [3.63, 3.8) is 0 Å². The summed E-state index contributed by atoms with van der Waals surface area (Å²) in [7, 11) is 0. The fourth-order valence-electron chi connectivity index (χ4n) is 1.61. The molecule has 0 aliphatic heterocycles. The molecule has 0 fully saturated rings. The normalized spacial score (nSPS) is 13.7. The maximum absolute atomic E-state index is 12.2. The van der Waals surface area contributed by atoms with Crippen LogP contribution in [-0.2, 0) is 4.79 Å². The number of thioether (sulfide) groups is 1. The molecular weight excluding hydrogens is 370 g/mol. The van der Waals surface area contributed by atoms with Gasteiger partial charge in [0.2, 0.25) is 5.12 Å². The lowest BCUT2D eigenvalue weighted by Crippen LogP contribution is -2.16. The van der Waals surface area contributed by atoms with E-state index in [9.17, 15) is 4.79 Å². The second kappa shape index (κ2) is 7.75. The number of hydrogen-bond donors (Lipinski definition) is 0. The minimum absolute atomic E-state index is 0.214. The molecule has 0 amide bonds. The largest absolute Gasteiger partial charge is 0.285 e. The average molecular weight is 380 g/mol. The second-order valence-corrected chi connectivity index (χ2v) is 7.12. The van der Waals surface area contributed by atoms with Gasteiger partial charge in [0.15, 0.2) is 0 Å². The summed E-state index contributed by atoms with van der Waals surface area (Å²) in [6.07, 6.45) is 0. The Hall–Kier alpha value is -0.380. The summed E-state index contributed by atoms with van der Waals surface area (Å²) in [5.74, 6) is 0. The topological polar surface area (TPSA) is 17.1 Å². The van der Waals surface area contributed by atoms with Gasteiger partial charge in [0.1, 0.15) is 5.38 Å². The summed E-state index contributed by atoms with van der Waals surface area (Å²) in [5, 5.41) is -0.445. The van der Waals surface area contributed by atoms with Crippen molar-refractivity contribution in [2.45, 2.75) is 15.6 Å². The molecule has 0 aliphatic rings. The van der Waals surface area contributed by atoms with E-state index < -0.39 is 10.8 Å². The minimum atomic E-state index is -0.839. The lowest BCUT2D eigenvalue weighted by molar-refractivity contribution is -0.110. The smallest absolute Gasteiger partial charge is 0.213 e. The van der Waals surface area contributed by atoms with Crippen LogP contribution in [0.1, 0.15) is 10.9 Å². The van der Waals surface area contributed by atoms with Crippen LogP contribution in [0.3, 0.4) is 0 Å². The van der Waals surface area contributed by atoms with Crippen LogP contribution >= 0.6 is 58.2 Å². The lowest BCUT2D eigenvalue weighted by atomic mass is 10.1. The third-order valence-electron chi connectivity index (χ3n) is 2.70. The van der Waals surface area contributed by atoms with Crippen molar-refractivity contribution in [3.8, 4) is 0 Å². The van der Waals surface area contributed by atoms with E-state index in [2.05, 4.69) is 0 Å². The molecule has 0 aliphatic carbocycles. The molecule has 0 saturated heterocycles. The summed E-state index contributed by atoms with van der Waals surface area (Å²) in [6.45, 7) is 0. The Labute approximate surface area is 147 Å². The summed E-state index contributed by atoms with van der Waals surface area (Å²) in [4.78, 5) is 12.9. The lowest BCUT2D eigenvalue weighted by Gasteiger charge is -2.15. The molecule has 0 N–H and O–H groups in total. The fourth-order valence-corrected chi connectivity index (χ4v) is 3.23. The summed E-state index contributed by atoms with van der Waals surface area (Å²) in [5.41, 5.74) is 0.756. The van der Waals surface area contributed by atoms with Crippen LogP contribution in [0.4, 0.5) is 0 Å². The van der Waals surface area contributed by atoms with Gasteiger partial charge in [0.25, 0.3) is 0 Å². The number of benzene rings is 2. The molecule has 0 unspecified atom stereocenters. The first kappa shape index (κ1) is 17.0. The van der Waals surface area contributed by atoms with Crippen molar-refractivity contribution in [2.75, 3.05) is 0 Å². The van der Waals surface area contributed by atoms with Gasteiger partial charge in [0, 0.05) is 14.9 Å². The molecule has 0 spiro atoms. The van der Waals surface area contributed by atoms with Gasteiger partial charge in [0.05, 0.1) is 5.38 Å². The van der Waals surface area contributed by atoms with Crippen LogP contribution in [0.2, 0.25) is 10.0 Å². The standard InChI is InChI=1S/C15H10Cl4OS/c16-10-3-1-9(2-4-10)13(18)14(19)15(20)21-12-7-5-11(17)6-8-12/h1-8,13-14H/t13-,14-/m0/s1. The molecule has 6 heteroatoms. The Morgan fingerprint density at radius 3 is 1.86 bits per heavy atom. The van der Waals surface area contributed by atoms with E-state index in [1.165, 1.54) is 0 Å². The SMILES string of the molecule is O=C(Sc1ccc(Cl)cc1)[C@@H](Cl)[C@@H](Cl)c1ccc(Cl)cc1. The van der Waals surface area contributed by atoms with Crippen molar-refractivity contribution in [3.05, 3.63) is 64.1 Å². The highest BCUT2D eigenvalue weighted by molar-refractivity contribution is 8.14. The van der Waals surface area contributed by atoms with Gasteiger partial charge in [-0.2, -0.15) is 0 Å². The molecule has 110 valence electrons. The molecule has 0 saturated carbocycles. The third kappa shape index (κ3) is 4.80. The van der Waals surface area contributed by atoms with E-state index in [0.29, 0.717) is 10.0 Å². The minimum Gasteiger partial charge on any atom is -0.285 e. The van der Waals surface area contributed by atoms with Gasteiger partial charge in [-0.1, -0.05) is 47.1 Å². The van der Waals surface area contributed by atoms with E-state index in [4.69, 9.17) is 46.4 Å². The molecule has 1 nitrogen and oxygen atoms in total. The fraction of sp³-hybridized carbons (Fsp3) is 0.133. The Balaban J connectivity index is 2.04. The maximum Gasteiger partial charge on any atom is 0.213 e. The van der Waals surface area contributed by atoms with Crippen molar-refractivity contribution < 1.29 is 4.79 Å². The van der Waals surface area contributed by atoms with Crippen LogP contribution in [-0.4, -0.2) is 10.5 Å². The van der Waals surface area contributed by atoms with E-state index in [-0.39, 0.29) is 5.12 Å². The zero-order chi connectivity index (χ0) is 15.4. The van der Waals surface area contributed by atoms with E-state index in [1.807, 2.05) is 0 Å². The Bertz CT molecular complexity index is 613. The first-order valence-corrected chi connectivity index (χ1v) is 8.43. The van der Waals surface area contributed by atoms with Crippen LogP contribution < -0.4 is 0 Å². The van der Waals surface area contributed by atoms with Gasteiger partial charge in [-0.15, -0.1) is 23.2 Å². The van der Waals surface area contributed by atoms with E-state index >= 15 is 0 Å². The number of halogens is 4. The average Bonchev–Trinajstić information content (AvgIpc) is 2.49. The van der Waals surface area contributed by atoms with Crippen LogP contribution in [0.25, 0.3) is 0 Å². The van der Waals surface area contributed by atoms with Crippen LogP contribution in [0, 0.1) is 0 Å². The quantitative estimate of drug-likeness (QED) is 0.464. The van der Waals surface area contributed by atoms with Gasteiger partial charge < -0.3 is 0 Å². The van der Waals surface area contributed by atoms with Crippen molar-refractivity contribution in [1.29, 1.82) is 0 Å². The molecule has 2 aromatic rings. The molecule has 21 heavy (non-hydrogen) atoms. The highest BCUT2D eigenvalue weighted by atomic mass is 35.5. The molecule has 0 aromatic heterocycles. The summed E-state index contributed by atoms with van der Waals surface area (Å²) < 4.78 is 0. The van der Waals surface area contributed by atoms with Gasteiger partial charge >= 0.3 is 0 Å². The molecular formula is C15H10Cl4OS. The Morgan fingerprint density at radius 2 is 1.33 bits per heavy atom. The Kier molecular flexibility index (Phi) is 6.27. The van der Waals surface area contributed by atoms with Crippen LogP contribution in [0.15, 0.2) is 53.4 Å². The molecule has 0 heterocycles. The van der Waals surface area contributed by atoms with Crippen molar-refractivity contribution >= 4 is 63.3 Å². The van der Waals surface area contributed by atoms with E-state index in [0.717, 1.165) is 22.2 Å². The van der Waals surface area contributed by atoms with Crippen molar-refractivity contribution in [2.24, 2.45) is 0 Å². The highest BCUT2D eigenvalue weighted by Crippen LogP contribution is 2.34. The van der Waals surface area contributed by atoms with Crippen molar-refractivity contribution in [1.82, 2.24) is 0 Å². The number of rotatable bonds is 4. The van der Waals surface area contributed by atoms with Crippen LogP contribution in [0.5, 0.6) is 0 Å². The van der Waals surface area contributed by atoms with E-state index in [1.54, 1.807) is 48.5 Å². The summed E-state index contributed by atoms with van der Waals surface area (Å²) in [6, 6.07) is 13.9. The van der Waals surface area contributed by atoms with Gasteiger partial charge in [-0.05, 0) is 42.0 Å². The highest BCUT2D eigenvalue weighted by Gasteiger charge is 2.26. The van der Waals surface area contributed by atoms with Gasteiger partial charge in [-0.25, -0.2) is 0 Å². The molecule has 0 bridgehead atoms. The van der Waals surface area contributed by atoms with Gasteiger partial charge in [-0.3, -0.25) is 4.79 Å². The zero-order valence-electron chi connectivity index (χ0n) is 10.6. The molecule has 2 rings (SSSR count). The molecule has 0 radical (unpaired) electrons. The zero-order valence-corrected chi connectivity index (χ0v) is 14.4. The predicted octanol–water partition coefficient (Wildman–Crippen LogP) is 6.20. The summed E-state index contributed by atoms with van der Waals surface area (Å²) >= 11 is 25.1. The monoisotopic (exact) mass is 378 g/mol. The second-order valence-electron chi connectivity index (χ2n) is 4.23. The predicted molar refractivity (Wildman–Crippen MR) is 92.0 cm³/mol. The number of hydrogen-bond acceptors (Lipinski definition) is 2. The number of carbonyl (C=O) groups excluding carboxylic acids is 1.